The second kappa shape index (κ2) is 7.01. The van der Waals surface area contributed by atoms with E-state index < -0.39 is 6.10 Å². The summed E-state index contributed by atoms with van der Waals surface area (Å²) >= 11 is 5.65. The lowest BCUT2D eigenvalue weighted by atomic mass is 10.3. The highest BCUT2D eigenvalue weighted by molar-refractivity contribution is 6.18. The number of carbonyl (C=O) groups excluding carboxylic acids is 1. The van der Waals surface area contributed by atoms with E-state index in [9.17, 15) is 4.79 Å². The molecule has 0 aliphatic carbocycles. The van der Waals surface area contributed by atoms with Crippen molar-refractivity contribution in [2.24, 2.45) is 0 Å². The van der Waals surface area contributed by atoms with E-state index in [2.05, 4.69) is 0 Å². The molecule has 0 spiro atoms. The van der Waals surface area contributed by atoms with E-state index in [-0.39, 0.29) is 18.5 Å². The lowest BCUT2D eigenvalue weighted by Crippen LogP contribution is -2.25. The highest BCUT2D eigenvalue weighted by Crippen LogP contribution is 2.17. The van der Waals surface area contributed by atoms with Crippen molar-refractivity contribution in [1.29, 1.82) is 0 Å². The first kappa shape index (κ1) is 13.6. The van der Waals surface area contributed by atoms with E-state index in [0.717, 1.165) is 5.75 Å². The summed E-state index contributed by atoms with van der Waals surface area (Å²) in [4.78, 5) is 10.8. The minimum Gasteiger partial charge on any atom is -0.497 e. The van der Waals surface area contributed by atoms with Crippen LogP contribution in [0, 0.1) is 0 Å². The largest absolute Gasteiger partial charge is 0.497 e. The molecule has 0 aromatic heterocycles. The van der Waals surface area contributed by atoms with E-state index in [1.807, 2.05) is 0 Å². The third kappa shape index (κ3) is 4.95. The molecule has 1 rings (SSSR count). The summed E-state index contributed by atoms with van der Waals surface area (Å²) in [6.45, 7) is 1.57. The van der Waals surface area contributed by atoms with Gasteiger partial charge in [-0.1, -0.05) is 0 Å². The van der Waals surface area contributed by atoms with Gasteiger partial charge in [0.15, 0.2) is 0 Å². The zero-order chi connectivity index (χ0) is 12.7. The lowest BCUT2D eigenvalue weighted by molar-refractivity contribution is -0.146. The molecule has 0 fully saturated rings. The summed E-state index contributed by atoms with van der Waals surface area (Å²) in [6.07, 6.45) is -0.434. The van der Waals surface area contributed by atoms with Crippen LogP contribution in [-0.2, 0) is 9.53 Å². The summed E-state index contributed by atoms with van der Waals surface area (Å²) in [7, 11) is 1.60. The number of alkyl halides is 1. The van der Waals surface area contributed by atoms with Crippen LogP contribution in [0.2, 0.25) is 0 Å². The van der Waals surface area contributed by atoms with Crippen molar-refractivity contribution in [3.05, 3.63) is 24.3 Å². The zero-order valence-electron chi connectivity index (χ0n) is 9.81. The first-order valence-corrected chi connectivity index (χ1v) is 5.69. The van der Waals surface area contributed by atoms with Crippen LogP contribution >= 0.6 is 11.6 Å². The number of methoxy groups -OCH3 is 1. The van der Waals surface area contributed by atoms with Gasteiger partial charge in [-0.2, -0.15) is 0 Å². The van der Waals surface area contributed by atoms with Crippen molar-refractivity contribution in [2.45, 2.75) is 13.0 Å². The molecule has 0 radical (unpaired) electrons. The summed E-state index contributed by atoms with van der Waals surface area (Å²) in [5.74, 6) is 1.27. The van der Waals surface area contributed by atoms with Gasteiger partial charge in [0.05, 0.1) is 13.0 Å². The molecule has 1 atom stereocenters. The highest BCUT2D eigenvalue weighted by Gasteiger charge is 2.11. The molecule has 1 aromatic carbocycles. The Morgan fingerprint density at radius 2 is 1.88 bits per heavy atom. The van der Waals surface area contributed by atoms with Gasteiger partial charge in [-0.3, -0.25) is 4.79 Å². The average Bonchev–Trinajstić information content (AvgIpc) is 2.34. The van der Waals surface area contributed by atoms with Crippen LogP contribution in [0.1, 0.15) is 6.92 Å². The van der Waals surface area contributed by atoms with Crippen LogP contribution in [0.4, 0.5) is 0 Å². The number of benzene rings is 1. The van der Waals surface area contributed by atoms with Gasteiger partial charge in [0.25, 0.3) is 0 Å². The maximum atomic E-state index is 10.8. The van der Waals surface area contributed by atoms with Crippen molar-refractivity contribution in [1.82, 2.24) is 0 Å². The molecule has 0 bridgehead atoms. The molecule has 0 saturated heterocycles. The molecule has 0 heterocycles. The monoisotopic (exact) mass is 258 g/mol. The molecular formula is C12H15ClO4. The van der Waals surface area contributed by atoms with Gasteiger partial charge in [0, 0.05) is 6.92 Å². The molecule has 94 valence electrons. The molecule has 0 N–H and O–H groups in total. The van der Waals surface area contributed by atoms with Gasteiger partial charge >= 0.3 is 5.97 Å². The number of halogens is 1. The molecule has 4 nitrogen and oxygen atoms in total. The van der Waals surface area contributed by atoms with Crippen LogP contribution < -0.4 is 9.47 Å². The van der Waals surface area contributed by atoms with Crippen LogP contribution in [0.5, 0.6) is 11.5 Å². The van der Waals surface area contributed by atoms with Crippen molar-refractivity contribution in [3.63, 3.8) is 0 Å². The predicted molar refractivity (Wildman–Crippen MR) is 64.8 cm³/mol. The molecule has 0 aliphatic rings. The molecule has 5 heteroatoms. The smallest absolute Gasteiger partial charge is 0.303 e. The Bertz CT molecular complexity index is 350. The number of hydrogen-bond donors (Lipinski definition) is 0. The highest BCUT2D eigenvalue weighted by atomic mass is 35.5. The van der Waals surface area contributed by atoms with E-state index in [0.29, 0.717) is 5.75 Å². The summed E-state index contributed by atoms with van der Waals surface area (Å²) < 4.78 is 15.4. The van der Waals surface area contributed by atoms with Crippen LogP contribution in [0.15, 0.2) is 24.3 Å². The maximum absolute atomic E-state index is 10.8. The Labute approximate surface area is 105 Å². The minimum atomic E-state index is -0.434. The van der Waals surface area contributed by atoms with Gasteiger partial charge in [0.1, 0.15) is 24.2 Å². The molecule has 0 saturated carbocycles. The van der Waals surface area contributed by atoms with Crippen molar-refractivity contribution in [2.75, 3.05) is 19.6 Å². The minimum absolute atomic E-state index is 0.204. The molecule has 0 amide bonds. The molecule has 0 aliphatic heterocycles. The van der Waals surface area contributed by atoms with Gasteiger partial charge < -0.3 is 14.2 Å². The van der Waals surface area contributed by atoms with Gasteiger partial charge in [0.2, 0.25) is 0 Å². The van der Waals surface area contributed by atoms with Crippen LogP contribution in [0.3, 0.4) is 0 Å². The van der Waals surface area contributed by atoms with Gasteiger partial charge in [-0.05, 0) is 24.3 Å². The third-order valence-corrected chi connectivity index (χ3v) is 2.34. The van der Waals surface area contributed by atoms with Crippen molar-refractivity contribution >= 4 is 17.6 Å². The molecule has 0 unspecified atom stereocenters. The Kier molecular flexibility index (Phi) is 5.63. The van der Waals surface area contributed by atoms with E-state index >= 15 is 0 Å². The van der Waals surface area contributed by atoms with Gasteiger partial charge in [-0.15, -0.1) is 11.6 Å². The number of carbonyl (C=O) groups is 1. The number of hydrogen-bond acceptors (Lipinski definition) is 4. The number of rotatable bonds is 6. The molecular weight excluding hydrogens is 244 g/mol. The maximum Gasteiger partial charge on any atom is 0.303 e. The fraction of sp³-hybridized carbons (Fsp3) is 0.417. The molecule has 17 heavy (non-hydrogen) atoms. The number of esters is 1. The van der Waals surface area contributed by atoms with Crippen LogP contribution in [0.25, 0.3) is 0 Å². The standard InChI is InChI=1S/C12H15ClO4/c1-9(14)17-12(7-13)8-16-11-5-3-10(15-2)4-6-11/h3-6,12H,7-8H2,1-2H3/t12-/m1/s1. The lowest BCUT2D eigenvalue weighted by Gasteiger charge is -2.15. The third-order valence-electron chi connectivity index (χ3n) is 2.00. The Morgan fingerprint density at radius 3 is 2.35 bits per heavy atom. The summed E-state index contributed by atoms with van der Waals surface area (Å²) in [5, 5.41) is 0. The van der Waals surface area contributed by atoms with E-state index in [4.69, 9.17) is 25.8 Å². The first-order chi connectivity index (χ1) is 8.15. The van der Waals surface area contributed by atoms with Crippen molar-refractivity contribution in [3.8, 4) is 11.5 Å². The fourth-order valence-electron chi connectivity index (χ4n) is 1.21. The van der Waals surface area contributed by atoms with Crippen LogP contribution in [-0.4, -0.2) is 31.7 Å². The molecule has 1 aromatic rings. The van der Waals surface area contributed by atoms with E-state index in [1.165, 1.54) is 6.92 Å². The van der Waals surface area contributed by atoms with Gasteiger partial charge in [-0.25, -0.2) is 0 Å². The van der Waals surface area contributed by atoms with Crippen molar-refractivity contribution < 1.29 is 19.0 Å². The second-order valence-electron chi connectivity index (χ2n) is 3.37. The topological polar surface area (TPSA) is 44.8 Å². The van der Waals surface area contributed by atoms with E-state index in [1.54, 1.807) is 31.4 Å². The zero-order valence-corrected chi connectivity index (χ0v) is 10.6. The fourth-order valence-corrected chi connectivity index (χ4v) is 1.36. The summed E-state index contributed by atoms with van der Waals surface area (Å²) in [5.41, 5.74) is 0. The second-order valence-corrected chi connectivity index (χ2v) is 3.68. The quantitative estimate of drug-likeness (QED) is 0.580. The Balaban J connectivity index is 2.44. The Morgan fingerprint density at radius 1 is 1.29 bits per heavy atom. The normalized spacial score (nSPS) is 11.7. The average molecular weight is 259 g/mol. The first-order valence-electron chi connectivity index (χ1n) is 5.15. The number of ether oxygens (including phenoxy) is 3. The predicted octanol–water partition coefficient (Wildman–Crippen LogP) is 2.24. The summed E-state index contributed by atoms with van der Waals surface area (Å²) in [6, 6.07) is 7.13. The SMILES string of the molecule is COc1ccc(OC[C@@H](CCl)OC(C)=O)cc1. The Hall–Kier alpha value is -1.42.